The highest BCUT2D eigenvalue weighted by Gasteiger charge is 2.16. The van der Waals surface area contributed by atoms with Crippen molar-refractivity contribution in [3.63, 3.8) is 0 Å². The fraction of sp³-hybridized carbons (Fsp3) is 0.0625. The number of nitrogens with zero attached hydrogens (tertiary/aromatic N) is 1. The minimum Gasteiger partial charge on any atom is -0.497 e. The van der Waals surface area contributed by atoms with Gasteiger partial charge in [-0.05, 0) is 23.7 Å². The van der Waals surface area contributed by atoms with Crippen molar-refractivity contribution in [1.82, 2.24) is 4.98 Å². The van der Waals surface area contributed by atoms with E-state index in [9.17, 15) is 0 Å². The molecule has 100 valence electrons. The molecule has 0 aliphatic carbocycles. The molecule has 0 spiro atoms. The van der Waals surface area contributed by atoms with E-state index in [0.29, 0.717) is 11.5 Å². The molecule has 3 nitrogen and oxygen atoms in total. The third-order valence-electron chi connectivity index (χ3n) is 2.98. The standard InChI is InChI=1S/C16H12ClNO2/c1-19-13-9-5-8-12(10-13)14-15(20-16(17)18-14)11-6-3-2-4-7-11/h2-10H,1H3. The highest BCUT2D eigenvalue weighted by Crippen LogP contribution is 2.35. The summed E-state index contributed by atoms with van der Waals surface area (Å²) in [6, 6.07) is 17.4. The zero-order valence-electron chi connectivity index (χ0n) is 10.8. The van der Waals surface area contributed by atoms with Crippen molar-refractivity contribution < 1.29 is 9.15 Å². The molecule has 2 aromatic carbocycles. The van der Waals surface area contributed by atoms with Gasteiger partial charge in [0.25, 0.3) is 5.35 Å². The van der Waals surface area contributed by atoms with E-state index in [2.05, 4.69) is 4.98 Å². The number of rotatable bonds is 3. The van der Waals surface area contributed by atoms with Gasteiger partial charge in [-0.25, -0.2) is 0 Å². The van der Waals surface area contributed by atoms with Crippen LogP contribution in [0.3, 0.4) is 0 Å². The van der Waals surface area contributed by atoms with Crippen molar-refractivity contribution in [2.24, 2.45) is 0 Å². The fourth-order valence-corrected chi connectivity index (χ4v) is 2.21. The van der Waals surface area contributed by atoms with Gasteiger partial charge in [0.15, 0.2) is 5.76 Å². The van der Waals surface area contributed by atoms with Gasteiger partial charge in [-0.1, -0.05) is 42.5 Å². The molecule has 0 atom stereocenters. The molecule has 1 aromatic heterocycles. The Labute approximate surface area is 121 Å². The Bertz CT molecular complexity index is 722. The van der Waals surface area contributed by atoms with Crippen molar-refractivity contribution in [3.05, 3.63) is 59.9 Å². The number of hydrogen-bond donors (Lipinski definition) is 0. The number of oxazole rings is 1. The second-order valence-corrected chi connectivity index (χ2v) is 4.57. The molecule has 0 amide bonds. The number of aromatic nitrogens is 1. The summed E-state index contributed by atoms with van der Waals surface area (Å²) < 4.78 is 10.8. The van der Waals surface area contributed by atoms with Crippen LogP contribution >= 0.6 is 11.6 Å². The maximum Gasteiger partial charge on any atom is 0.293 e. The Morgan fingerprint density at radius 2 is 1.75 bits per heavy atom. The van der Waals surface area contributed by atoms with Crippen LogP contribution in [-0.4, -0.2) is 12.1 Å². The van der Waals surface area contributed by atoms with Crippen molar-refractivity contribution >= 4 is 11.6 Å². The van der Waals surface area contributed by atoms with Gasteiger partial charge in [-0.15, -0.1) is 0 Å². The van der Waals surface area contributed by atoms with Crippen LogP contribution in [-0.2, 0) is 0 Å². The van der Waals surface area contributed by atoms with Crippen LogP contribution in [0.5, 0.6) is 5.75 Å². The molecule has 0 aliphatic heterocycles. The van der Waals surface area contributed by atoms with E-state index in [4.69, 9.17) is 20.8 Å². The molecule has 0 radical (unpaired) electrons. The van der Waals surface area contributed by atoms with Crippen molar-refractivity contribution in [1.29, 1.82) is 0 Å². The van der Waals surface area contributed by atoms with Crippen molar-refractivity contribution in [2.75, 3.05) is 7.11 Å². The van der Waals surface area contributed by atoms with E-state index < -0.39 is 0 Å². The number of hydrogen-bond acceptors (Lipinski definition) is 3. The number of ether oxygens (including phenoxy) is 1. The highest BCUT2D eigenvalue weighted by atomic mass is 35.5. The summed E-state index contributed by atoms with van der Waals surface area (Å²) >= 11 is 5.93. The minimum absolute atomic E-state index is 0.127. The molecule has 3 aromatic rings. The summed E-state index contributed by atoms with van der Waals surface area (Å²) in [7, 11) is 1.63. The molecule has 0 bridgehead atoms. The van der Waals surface area contributed by atoms with Crippen LogP contribution in [0.15, 0.2) is 59.0 Å². The van der Waals surface area contributed by atoms with E-state index >= 15 is 0 Å². The van der Waals surface area contributed by atoms with E-state index in [1.54, 1.807) is 7.11 Å². The topological polar surface area (TPSA) is 35.3 Å². The molecule has 0 fully saturated rings. The van der Waals surface area contributed by atoms with Crippen LogP contribution in [0.25, 0.3) is 22.6 Å². The van der Waals surface area contributed by atoms with E-state index in [0.717, 1.165) is 16.9 Å². The van der Waals surface area contributed by atoms with Gasteiger partial charge < -0.3 is 9.15 Å². The average molecular weight is 286 g/mol. The van der Waals surface area contributed by atoms with Crippen LogP contribution in [0, 0.1) is 0 Å². The summed E-state index contributed by atoms with van der Waals surface area (Å²) in [4.78, 5) is 4.28. The summed E-state index contributed by atoms with van der Waals surface area (Å²) in [6.45, 7) is 0. The zero-order valence-corrected chi connectivity index (χ0v) is 11.6. The molecule has 20 heavy (non-hydrogen) atoms. The molecule has 4 heteroatoms. The first-order valence-corrected chi connectivity index (χ1v) is 6.52. The lowest BCUT2D eigenvalue weighted by molar-refractivity contribution is 0.415. The third-order valence-corrected chi connectivity index (χ3v) is 3.14. The lowest BCUT2D eigenvalue weighted by atomic mass is 10.1. The molecule has 3 rings (SSSR count). The number of benzene rings is 2. The van der Waals surface area contributed by atoms with Crippen molar-refractivity contribution in [2.45, 2.75) is 0 Å². The van der Waals surface area contributed by atoms with E-state index in [1.807, 2.05) is 54.6 Å². The Morgan fingerprint density at radius 1 is 1.00 bits per heavy atom. The van der Waals surface area contributed by atoms with Crippen LogP contribution in [0.1, 0.15) is 0 Å². The number of methoxy groups -OCH3 is 1. The van der Waals surface area contributed by atoms with Crippen LogP contribution < -0.4 is 4.74 Å². The minimum atomic E-state index is 0.127. The largest absolute Gasteiger partial charge is 0.497 e. The molecule has 1 heterocycles. The Hall–Kier alpha value is -2.26. The highest BCUT2D eigenvalue weighted by molar-refractivity contribution is 6.28. The van der Waals surface area contributed by atoms with Gasteiger partial charge in [-0.2, -0.15) is 4.98 Å². The first-order valence-electron chi connectivity index (χ1n) is 6.14. The smallest absolute Gasteiger partial charge is 0.293 e. The molecular formula is C16H12ClNO2. The van der Waals surface area contributed by atoms with Crippen LogP contribution in [0.4, 0.5) is 0 Å². The summed E-state index contributed by atoms with van der Waals surface area (Å²) in [5.41, 5.74) is 2.55. The predicted octanol–water partition coefficient (Wildman–Crippen LogP) is 4.67. The van der Waals surface area contributed by atoms with Gasteiger partial charge in [0.05, 0.1) is 7.11 Å². The molecule has 0 unspecified atom stereocenters. The second kappa shape index (κ2) is 5.39. The number of halogens is 1. The Balaban J connectivity index is 2.14. The van der Waals surface area contributed by atoms with E-state index in [-0.39, 0.29) is 5.35 Å². The first kappa shape index (κ1) is 12.8. The normalized spacial score (nSPS) is 10.5. The fourth-order valence-electron chi connectivity index (χ4n) is 2.05. The zero-order chi connectivity index (χ0) is 13.9. The first-order chi connectivity index (χ1) is 9.78. The summed E-state index contributed by atoms with van der Waals surface area (Å²) in [5.74, 6) is 1.42. The van der Waals surface area contributed by atoms with Gasteiger partial charge in [-0.3, -0.25) is 0 Å². The quantitative estimate of drug-likeness (QED) is 0.701. The predicted molar refractivity (Wildman–Crippen MR) is 78.9 cm³/mol. The van der Waals surface area contributed by atoms with Crippen molar-refractivity contribution in [3.8, 4) is 28.3 Å². The lowest BCUT2D eigenvalue weighted by Crippen LogP contribution is -1.85. The molecule has 0 saturated carbocycles. The Morgan fingerprint density at radius 3 is 2.50 bits per heavy atom. The SMILES string of the molecule is COc1cccc(-c2nc(Cl)oc2-c2ccccc2)c1. The van der Waals surface area contributed by atoms with Gasteiger partial charge in [0.1, 0.15) is 11.4 Å². The molecular weight excluding hydrogens is 274 g/mol. The molecule has 0 N–H and O–H groups in total. The van der Waals surface area contributed by atoms with E-state index in [1.165, 1.54) is 0 Å². The third kappa shape index (κ3) is 2.40. The molecule has 0 aliphatic rings. The molecule has 0 saturated heterocycles. The van der Waals surface area contributed by atoms with Gasteiger partial charge >= 0.3 is 0 Å². The Kier molecular flexibility index (Phi) is 3.44. The van der Waals surface area contributed by atoms with Gasteiger partial charge in [0.2, 0.25) is 0 Å². The van der Waals surface area contributed by atoms with Gasteiger partial charge in [0, 0.05) is 11.1 Å². The maximum absolute atomic E-state index is 5.93. The average Bonchev–Trinajstić information content (AvgIpc) is 2.90. The maximum atomic E-state index is 5.93. The monoisotopic (exact) mass is 285 g/mol. The summed E-state index contributed by atoms with van der Waals surface area (Å²) in [6.07, 6.45) is 0. The second-order valence-electron chi connectivity index (χ2n) is 4.24. The lowest BCUT2D eigenvalue weighted by Gasteiger charge is -2.04. The van der Waals surface area contributed by atoms with Crippen LogP contribution in [0.2, 0.25) is 5.35 Å². The summed E-state index contributed by atoms with van der Waals surface area (Å²) in [5, 5.41) is 0.127.